The fraction of sp³-hybridized carbons (Fsp3) is 0.182. The van der Waals surface area contributed by atoms with E-state index in [1.54, 1.807) is 12.1 Å². The first kappa shape index (κ1) is 18.6. The summed E-state index contributed by atoms with van der Waals surface area (Å²) in [6, 6.07) is 16.9. The summed E-state index contributed by atoms with van der Waals surface area (Å²) in [6.07, 6.45) is 1.74. The van der Waals surface area contributed by atoms with Gasteiger partial charge in [-0.15, -0.1) is 0 Å². The zero-order valence-corrected chi connectivity index (χ0v) is 15.9. The lowest BCUT2D eigenvalue weighted by molar-refractivity contribution is -0.139. The molecule has 4 rings (SSSR count). The van der Waals surface area contributed by atoms with Gasteiger partial charge in [0, 0.05) is 17.0 Å². The number of benzene rings is 2. The van der Waals surface area contributed by atoms with E-state index in [0.29, 0.717) is 22.2 Å². The van der Waals surface area contributed by atoms with Gasteiger partial charge < -0.3 is 5.32 Å². The summed E-state index contributed by atoms with van der Waals surface area (Å²) in [6.45, 7) is 2.00. The Hall–Kier alpha value is -3.74. The van der Waals surface area contributed by atoms with Gasteiger partial charge in [-0.1, -0.05) is 48.0 Å². The highest BCUT2D eigenvalue weighted by molar-refractivity contribution is 6.35. The Kier molecular flexibility index (Phi) is 4.95. The van der Waals surface area contributed by atoms with E-state index in [2.05, 4.69) is 21.2 Å². The normalized spacial score (nSPS) is 13.0. The summed E-state index contributed by atoms with van der Waals surface area (Å²) in [5.74, 6) is -2.18. The van der Waals surface area contributed by atoms with Crippen molar-refractivity contribution in [2.75, 3.05) is 0 Å². The van der Waals surface area contributed by atoms with Gasteiger partial charge in [0.25, 0.3) is 5.91 Å². The molecule has 146 valence electrons. The molecule has 0 bridgehead atoms. The van der Waals surface area contributed by atoms with E-state index in [4.69, 9.17) is 0 Å². The van der Waals surface area contributed by atoms with Gasteiger partial charge in [-0.2, -0.15) is 0 Å². The van der Waals surface area contributed by atoms with Gasteiger partial charge in [0.1, 0.15) is 0 Å². The summed E-state index contributed by atoms with van der Waals surface area (Å²) in [5, 5.41) is 3.22. The molecule has 1 aromatic heterocycles. The molecule has 7 heteroatoms. The van der Waals surface area contributed by atoms with Crippen molar-refractivity contribution in [1.29, 1.82) is 0 Å². The molecule has 3 N–H and O–H groups in total. The van der Waals surface area contributed by atoms with Crippen LogP contribution in [0.15, 0.2) is 54.6 Å². The molecular formula is C22H20N4O3. The molecule has 1 fully saturated rings. The zero-order valence-electron chi connectivity index (χ0n) is 15.9. The number of carbonyl (C=O) groups excluding carboxylic acids is 3. The SMILES string of the molecule is Cc1ccc(-c2cc(C(=O)NNC(=O)C(=O)NC3CC3)c3ccccc3n2)cc1. The lowest BCUT2D eigenvalue weighted by Gasteiger charge is -2.11. The molecule has 29 heavy (non-hydrogen) atoms. The van der Waals surface area contributed by atoms with Gasteiger partial charge in [0.15, 0.2) is 0 Å². The molecule has 2 aromatic carbocycles. The standard InChI is InChI=1S/C22H20N4O3/c1-13-6-8-14(9-7-13)19-12-17(16-4-2-3-5-18(16)24-19)20(27)25-26-22(29)21(28)23-15-10-11-15/h2-9,12,15H,10-11H2,1H3,(H,23,28)(H,25,27)(H,26,29). The Morgan fingerprint density at radius 2 is 1.66 bits per heavy atom. The second-order valence-corrected chi connectivity index (χ2v) is 7.09. The molecule has 0 radical (unpaired) electrons. The van der Waals surface area contributed by atoms with Crippen molar-refractivity contribution >= 4 is 28.6 Å². The number of rotatable bonds is 3. The Morgan fingerprint density at radius 3 is 2.38 bits per heavy atom. The molecule has 0 spiro atoms. The fourth-order valence-corrected chi connectivity index (χ4v) is 2.95. The number of amides is 3. The van der Waals surface area contributed by atoms with Gasteiger partial charge in [0.05, 0.1) is 16.8 Å². The second kappa shape index (κ2) is 7.71. The van der Waals surface area contributed by atoms with Crippen LogP contribution in [-0.2, 0) is 9.59 Å². The Balaban J connectivity index is 1.59. The van der Waals surface area contributed by atoms with Crippen LogP contribution in [0.2, 0.25) is 0 Å². The van der Waals surface area contributed by atoms with Crippen LogP contribution in [-0.4, -0.2) is 28.7 Å². The van der Waals surface area contributed by atoms with Crippen molar-refractivity contribution in [2.24, 2.45) is 0 Å². The third-order valence-electron chi connectivity index (χ3n) is 4.72. The Bertz CT molecular complexity index is 1100. The van der Waals surface area contributed by atoms with E-state index in [9.17, 15) is 14.4 Å². The quantitative estimate of drug-likeness (QED) is 0.473. The van der Waals surface area contributed by atoms with Crippen molar-refractivity contribution in [3.8, 4) is 11.3 Å². The predicted molar refractivity (Wildman–Crippen MR) is 109 cm³/mol. The van der Waals surface area contributed by atoms with Crippen molar-refractivity contribution in [2.45, 2.75) is 25.8 Å². The number of pyridine rings is 1. The molecule has 0 atom stereocenters. The number of fused-ring (bicyclic) bond motifs is 1. The van der Waals surface area contributed by atoms with Crippen LogP contribution in [0.25, 0.3) is 22.2 Å². The number of aromatic nitrogens is 1. The first-order chi connectivity index (χ1) is 14.0. The average molecular weight is 388 g/mol. The van der Waals surface area contributed by atoms with Crippen molar-refractivity contribution < 1.29 is 14.4 Å². The van der Waals surface area contributed by atoms with Crippen LogP contribution in [0.4, 0.5) is 0 Å². The molecule has 1 aliphatic rings. The average Bonchev–Trinajstić information content (AvgIpc) is 3.55. The van der Waals surface area contributed by atoms with Gasteiger partial charge in [0.2, 0.25) is 0 Å². The molecule has 0 saturated heterocycles. The molecule has 3 amide bonds. The van der Waals surface area contributed by atoms with Crippen LogP contribution in [0.3, 0.4) is 0 Å². The lowest BCUT2D eigenvalue weighted by atomic mass is 10.0. The lowest BCUT2D eigenvalue weighted by Crippen LogP contribution is -2.49. The van der Waals surface area contributed by atoms with Crippen LogP contribution >= 0.6 is 0 Å². The van der Waals surface area contributed by atoms with Gasteiger partial charge in [-0.3, -0.25) is 25.2 Å². The van der Waals surface area contributed by atoms with E-state index in [1.807, 2.05) is 49.4 Å². The van der Waals surface area contributed by atoms with E-state index in [1.165, 1.54) is 0 Å². The molecular weight excluding hydrogens is 368 g/mol. The number of nitrogens with one attached hydrogen (secondary N) is 3. The maximum atomic E-state index is 12.8. The molecule has 0 aliphatic heterocycles. The number of nitrogens with zero attached hydrogens (tertiary/aromatic N) is 1. The number of hydrogen-bond donors (Lipinski definition) is 3. The van der Waals surface area contributed by atoms with Crippen LogP contribution < -0.4 is 16.2 Å². The summed E-state index contributed by atoms with van der Waals surface area (Å²) >= 11 is 0. The highest BCUT2D eigenvalue weighted by atomic mass is 16.2. The predicted octanol–water partition coefficient (Wildman–Crippen LogP) is 2.25. The molecule has 7 nitrogen and oxygen atoms in total. The number of aryl methyl sites for hydroxylation is 1. The molecule has 1 aliphatic carbocycles. The summed E-state index contributed by atoms with van der Waals surface area (Å²) in [4.78, 5) is 41.0. The van der Waals surface area contributed by atoms with Crippen molar-refractivity contribution in [3.63, 3.8) is 0 Å². The van der Waals surface area contributed by atoms with Crippen LogP contribution in [0.1, 0.15) is 28.8 Å². The number of hydrogen-bond acceptors (Lipinski definition) is 4. The van der Waals surface area contributed by atoms with Gasteiger partial charge in [-0.05, 0) is 31.9 Å². The highest BCUT2D eigenvalue weighted by Gasteiger charge is 2.26. The topological polar surface area (TPSA) is 100 Å². The zero-order chi connectivity index (χ0) is 20.4. The monoisotopic (exact) mass is 388 g/mol. The van der Waals surface area contributed by atoms with Gasteiger partial charge in [-0.25, -0.2) is 4.98 Å². The molecule has 1 heterocycles. The summed E-state index contributed by atoms with van der Waals surface area (Å²) in [7, 11) is 0. The number of para-hydroxylation sites is 1. The van der Waals surface area contributed by atoms with Crippen molar-refractivity contribution in [1.82, 2.24) is 21.2 Å². The maximum Gasteiger partial charge on any atom is 0.327 e. The number of carbonyl (C=O) groups is 3. The second-order valence-electron chi connectivity index (χ2n) is 7.09. The third-order valence-corrected chi connectivity index (χ3v) is 4.72. The van der Waals surface area contributed by atoms with Gasteiger partial charge >= 0.3 is 11.8 Å². The Labute approximate surface area is 167 Å². The van der Waals surface area contributed by atoms with Crippen LogP contribution in [0.5, 0.6) is 0 Å². The van der Waals surface area contributed by atoms with E-state index >= 15 is 0 Å². The van der Waals surface area contributed by atoms with Crippen LogP contribution in [0, 0.1) is 6.92 Å². The Morgan fingerprint density at radius 1 is 0.931 bits per heavy atom. The fourth-order valence-electron chi connectivity index (χ4n) is 2.95. The van der Waals surface area contributed by atoms with E-state index < -0.39 is 17.7 Å². The maximum absolute atomic E-state index is 12.8. The largest absolute Gasteiger partial charge is 0.345 e. The first-order valence-electron chi connectivity index (χ1n) is 9.39. The summed E-state index contributed by atoms with van der Waals surface area (Å²) < 4.78 is 0. The van der Waals surface area contributed by atoms with E-state index in [-0.39, 0.29) is 6.04 Å². The third kappa shape index (κ3) is 4.24. The molecule has 1 saturated carbocycles. The van der Waals surface area contributed by atoms with E-state index in [0.717, 1.165) is 24.0 Å². The number of hydrazine groups is 1. The molecule has 0 unspecified atom stereocenters. The minimum Gasteiger partial charge on any atom is -0.345 e. The van der Waals surface area contributed by atoms with Crippen molar-refractivity contribution in [3.05, 3.63) is 65.7 Å². The smallest absolute Gasteiger partial charge is 0.327 e. The minimum absolute atomic E-state index is 0.0603. The first-order valence-corrected chi connectivity index (χ1v) is 9.39. The molecule has 3 aromatic rings. The minimum atomic E-state index is -0.901. The summed E-state index contributed by atoms with van der Waals surface area (Å²) in [5.41, 5.74) is 8.16. The highest BCUT2D eigenvalue weighted by Crippen LogP contribution is 2.25.